The van der Waals surface area contributed by atoms with E-state index in [2.05, 4.69) is 30.0 Å². The molecule has 0 bridgehead atoms. The van der Waals surface area contributed by atoms with Crippen molar-refractivity contribution in [3.8, 4) is 5.75 Å². The topological polar surface area (TPSA) is 125 Å². The molecule has 2 aromatic rings. The maximum atomic E-state index is 13.3. The summed E-state index contributed by atoms with van der Waals surface area (Å²) >= 11 is 0. The molecule has 1 saturated heterocycles. The smallest absolute Gasteiger partial charge is 0.412 e. The van der Waals surface area contributed by atoms with Crippen molar-refractivity contribution >= 4 is 17.7 Å². The third-order valence-corrected chi connectivity index (χ3v) is 8.99. The maximum Gasteiger partial charge on any atom is 0.412 e. The van der Waals surface area contributed by atoms with Gasteiger partial charge in [0.15, 0.2) is 0 Å². The minimum Gasteiger partial charge on any atom is -0.490 e. The van der Waals surface area contributed by atoms with E-state index in [4.69, 9.17) is 33.2 Å². The van der Waals surface area contributed by atoms with Crippen molar-refractivity contribution in [3.63, 3.8) is 0 Å². The van der Waals surface area contributed by atoms with E-state index < -0.39 is 24.5 Å². The molecule has 0 saturated carbocycles. The highest BCUT2D eigenvalue weighted by Crippen LogP contribution is 2.37. The molecule has 1 fully saturated rings. The van der Waals surface area contributed by atoms with Crippen molar-refractivity contribution < 1.29 is 47.9 Å². The third-order valence-electron chi connectivity index (χ3n) is 8.99. The lowest BCUT2D eigenvalue weighted by atomic mass is 9.78. The van der Waals surface area contributed by atoms with Crippen LogP contribution in [0.15, 0.2) is 42.5 Å². The second kappa shape index (κ2) is 19.8. The van der Waals surface area contributed by atoms with Crippen LogP contribution in [0, 0.1) is 17.8 Å². The number of esters is 1. The Balaban J connectivity index is 1.52. The van der Waals surface area contributed by atoms with E-state index in [-0.39, 0.29) is 44.1 Å². The number of benzene rings is 2. The van der Waals surface area contributed by atoms with E-state index in [1.54, 1.807) is 28.1 Å². The predicted octanol–water partition coefficient (Wildman–Crippen LogP) is 5.00. The van der Waals surface area contributed by atoms with Crippen LogP contribution in [0.25, 0.3) is 0 Å². The van der Waals surface area contributed by atoms with Gasteiger partial charge in [0.25, 0.3) is 0 Å². The zero-order valence-electron chi connectivity index (χ0n) is 30.5. The number of ether oxygens (including phenoxy) is 7. The number of aliphatic hydroxyl groups is 1. The normalized spacial score (nSPS) is 20.2. The number of methoxy groups -OCH3 is 2. The van der Waals surface area contributed by atoms with Gasteiger partial charge >= 0.3 is 12.1 Å². The largest absolute Gasteiger partial charge is 0.490 e. The van der Waals surface area contributed by atoms with Gasteiger partial charge in [-0.25, -0.2) is 4.79 Å². The summed E-state index contributed by atoms with van der Waals surface area (Å²) < 4.78 is 39.7. The molecule has 12 heteroatoms. The fraction of sp³-hybridized carbons (Fsp3) is 0.632. The molecule has 2 aliphatic heterocycles. The molecule has 278 valence electrons. The first-order valence-electron chi connectivity index (χ1n) is 17.7. The van der Waals surface area contributed by atoms with Crippen molar-refractivity contribution in [2.24, 2.45) is 17.8 Å². The Hall–Kier alpha value is -3.42. The molecule has 1 unspecified atom stereocenters. The minimum atomic E-state index is -1.06. The lowest BCUT2D eigenvalue weighted by molar-refractivity contribution is -0.170. The van der Waals surface area contributed by atoms with Gasteiger partial charge in [0.1, 0.15) is 12.4 Å². The van der Waals surface area contributed by atoms with E-state index in [1.807, 2.05) is 24.3 Å². The van der Waals surface area contributed by atoms with Crippen molar-refractivity contribution in [1.29, 1.82) is 0 Å². The molecule has 2 aromatic carbocycles. The van der Waals surface area contributed by atoms with E-state index in [0.717, 1.165) is 47.6 Å². The standard InChI is InChI=1S/C38H56N2O10/c1-26(2)37(42)49-28(4)50-38(43)40-19-32(21-41)36(31-11-8-29(9-12-31)24-46-23-27(3)22-45-6)35(20-40)48-25-30-10-13-34-33(18-30)39(15-17-47-34)14-7-16-44-5/h8-13,18,26-28,32,35-36,41H,7,14-17,19-25H2,1-6H3/t27-,28?,32-,35-,36-/m0/s1. The molecule has 12 nitrogen and oxygen atoms in total. The summed E-state index contributed by atoms with van der Waals surface area (Å²) in [7, 11) is 3.39. The van der Waals surface area contributed by atoms with Crippen LogP contribution in [0.5, 0.6) is 5.75 Å². The van der Waals surface area contributed by atoms with E-state index >= 15 is 0 Å². The van der Waals surface area contributed by atoms with Gasteiger partial charge in [-0.05, 0) is 35.2 Å². The second-order valence-corrected chi connectivity index (χ2v) is 13.6. The van der Waals surface area contributed by atoms with Crippen molar-refractivity contribution in [2.75, 3.05) is 78.3 Å². The van der Waals surface area contributed by atoms with Gasteiger partial charge in [0, 0.05) is 65.2 Å². The number of nitrogens with zero attached hydrogens (tertiary/aromatic N) is 2. The van der Waals surface area contributed by atoms with Crippen molar-refractivity contribution in [2.45, 2.75) is 65.6 Å². The molecule has 5 atom stereocenters. The molecule has 4 rings (SSSR count). The molecule has 0 spiro atoms. The first-order chi connectivity index (χ1) is 24.1. The fourth-order valence-corrected chi connectivity index (χ4v) is 6.40. The summed E-state index contributed by atoms with van der Waals surface area (Å²) in [5.41, 5.74) is 4.02. The first-order valence-corrected chi connectivity index (χ1v) is 17.7. The van der Waals surface area contributed by atoms with E-state index in [1.165, 1.54) is 11.8 Å². The molecule has 2 aliphatic rings. The molecule has 0 aliphatic carbocycles. The summed E-state index contributed by atoms with van der Waals surface area (Å²) in [5, 5.41) is 10.6. The summed E-state index contributed by atoms with van der Waals surface area (Å²) in [6, 6.07) is 14.3. The highest BCUT2D eigenvalue weighted by Gasteiger charge is 2.41. The zero-order valence-corrected chi connectivity index (χ0v) is 30.5. The number of amides is 1. The SMILES string of the molecule is COCCCN1CCOc2ccc(CO[C@H]3CN(C(=O)OC(C)OC(=O)C(C)C)C[C@@H](CO)[C@@H]3c3ccc(COC[C@@H](C)COC)cc3)cc21. The predicted molar refractivity (Wildman–Crippen MR) is 188 cm³/mol. The van der Waals surface area contributed by atoms with Crippen LogP contribution in [-0.4, -0.2) is 108 Å². The monoisotopic (exact) mass is 700 g/mol. The van der Waals surface area contributed by atoms with Gasteiger partial charge in [0.05, 0.1) is 57.2 Å². The number of hydrogen-bond donors (Lipinski definition) is 1. The number of likely N-dealkylation sites (tertiary alicyclic amines) is 1. The van der Waals surface area contributed by atoms with Crippen LogP contribution in [0.3, 0.4) is 0 Å². The van der Waals surface area contributed by atoms with Crippen LogP contribution in [0.4, 0.5) is 10.5 Å². The summed E-state index contributed by atoms with van der Waals surface area (Å²) in [5.74, 6) is -0.209. The van der Waals surface area contributed by atoms with Crippen LogP contribution >= 0.6 is 0 Å². The number of rotatable bonds is 18. The molecule has 2 heterocycles. The highest BCUT2D eigenvalue weighted by atomic mass is 16.7. The average Bonchev–Trinajstić information content (AvgIpc) is 3.10. The Morgan fingerprint density at radius 1 is 0.940 bits per heavy atom. The van der Waals surface area contributed by atoms with Gasteiger partial charge < -0.3 is 48.1 Å². The highest BCUT2D eigenvalue weighted by molar-refractivity contribution is 5.72. The number of piperidine rings is 1. The zero-order chi connectivity index (χ0) is 36.0. The van der Waals surface area contributed by atoms with E-state index in [9.17, 15) is 14.7 Å². The first kappa shape index (κ1) is 39.4. The van der Waals surface area contributed by atoms with Crippen LogP contribution < -0.4 is 9.64 Å². The Kier molecular flexibility index (Phi) is 15.6. The lowest BCUT2D eigenvalue weighted by Crippen LogP contribution is -2.52. The van der Waals surface area contributed by atoms with Gasteiger partial charge in [-0.2, -0.15) is 0 Å². The third kappa shape index (κ3) is 11.3. The lowest BCUT2D eigenvalue weighted by Gasteiger charge is -2.43. The molecule has 1 N–H and O–H groups in total. The van der Waals surface area contributed by atoms with Gasteiger partial charge in [-0.3, -0.25) is 4.79 Å². The molecule has 1 amide bonds. The average molecular weight is 701 g/mol. The van der Waals surface area contributed by atoms with Gasteiger partial charge in [-0.15, -0.1) is 0 Å². The number of fused-ring (bicyclic) bond motifs is 1. The van der Waals surface area contributed by atoms with E-state index in [0.29, 0.717) is 39.0 Å². The van der Waals surface area contributed by atoms with Crippen molar-refractivity contribution in [1.82, 2.24) is 4.90 Å². The van der Waals surface area contributed by atoms with Crippen LogP contribution in [0.2, 0.25) is 0 Å². The summed E-state index contributed by atoms with van der Waals surface area (Å²) in [6.07, 6.45) is -1.25. The van der Waals surface area contributed by atoms with Crippen LogP contribution in [0.1, 0.15) is 56.7 Å². The Morgan fingerprint density at radius 3 is 2.40 bits per heavy atom. The number of aliphatic hydroxyl groups excluding tert-OH is 1. The fourth-order valence-electron chi connectivity index (χ4n) is 6.40. The number of hydrogen-bond acceptors (Lipinski definition) is 11. The Labute approximate surface area is 296 Å². The quantitative estimate of drug-likeness (QED) is 0.128. The Morgan fingerprint density at radius 2 is 1.70 bits per heavy atom. The number of anilines is 1. The number of carbonyl (C=O) groups is 2. The Bertz CT molecular complexity index is 1340. The molecule has 0 radical (unpaired) electrons. The van der Waals surface area contributed by atoms with Crippen molar-refractivity contribution in [3.05, 3.63) is 59.2 Å². The van der Waals surface area contributed by atoms with Gasteiger partial charge in [0.2, 0.25) is 6.29 Å². The molecule has 50 heavy (non-hydrogen) atoms. The molecular weight excluding hydrogens is 644 g/mol. The van der Waals surface area contributed by atoms with Crippen LogP contribution in [-0.2, 0) is 46.4 Å². The second-order valence-electron chi connectivity index (χ2n) is 13.6. The minimum absolute atomic E-state index is 0.166. The molecular formula is C38H56N2O10. The van der Waals surface area contributed by atoms with Gasteiger partial charge in [-0.1, -0.05) is 51.1 Å². The maximum absolute atomic E-state index is 13.3. The summed E-state index contributed by atoms with van der Waals surface area (Å²) in [6.45, 7) is 12.3. The number of carbonyl (C=O) groups excluding carboxylic acids is 2. The summed E-state index contributed by atoms with van der Waals surface area (Å²) in [4.78, 5) is 29.3. The molecule has 0 aromatic heterocycles.